The van der Waals surface area contributed by atoms with Crippen LogP contribution in [-0.2, 0) is 9.53 Å². The molecule has 4 rings (SSSR count). The highest BCUT2D eigenvalue weighted by atomic mass is 32.1. The summed E-state index contributed by atoms with van der Waals surface area (Å²) in [7, 11) is 0. The summed E-state index contributed by atoms with van der Waals surface area (Å²) in [6.07, 6.45) is 1.87. The Hall–Kier alpha value is -1.66. The van der Waals surface area contributed by atoms with E-state index in [9.17, 15) is 4.79 Å². The fraction of sp³-hybridized carbons (Fsp3) is 0.529. The molecule has 2 saturated heterocycles. The van der Waals surface area contributed by atoms with Crippen LogP contribution in [0.5, 0.6) is 0 Å². The zero-order valence-electron chi connectivity index (χ0n) is 13.1. The van der Waals surface area contributed by atoms with Crippen molar-refractivity contribution in [1.82, 2.24) is 9.27 Å². The van der Waals surface area contributed by atoms with Crippen LogP contribution in [0.2, 0.25) is 0 Å². The highest BCUT2D eigenvalue weighted by molar-refractivity contribution is 7.11. The maximum absolute atomic E-state index is 12.6. The number of hydrogen-bond acceptors (Lipinski definition) is 5. The van der Waals surface area contributed by atoms with E-state index in [-0.39, 0.29) is 5.92 Å². The maximum atomic E-state index is 12.6. The normalized spacial score (nSPS) is 20.2. The Bertz CT molecular complexity index is 688. The van der Waals surface area contributed by atoms with Crippen LogP contribution in [0, 0.1) is 5.92 Å². The number of aromatic nitrogens is 1. The first-order valence-electron chi connectivity index (χ1n) is 8.29. The molecule has 6 heteroatoms. The zero-order valence-corrected chi connectivity index (χ0v) is 13.9. The molecule has 1 amide bonds. The number of carbonyl (C=O) groups excluding carboxylic acids is 1. The minimum absolute atomic E-state index is 0.170. The molecule has 0 N–H and O–H groups in total. The highest BCUT2D eigenvalue weighted by Crippen LogP contribution is 2.34. The molecule has 0 unspecified atom stereocenters. The van der Waals surface area contributed by atoms with Crippen LogP contribution in [-0.4, -0.2) is 54.6 Å². The van der Waals surface area contributed by atoms with Crippen molar-refractivity contribution in [2.75, 3.05) is 44.3 Å². The second kappa shape index (κ2) is 6.45. The van der Waals surface area contributed by atoms with Crippen LogP contribution >= 0.6 is 11.5 Å². The monoisotopic (exact) mass is 331 g/mol. The van der Waals surface area contributed by atoms with Crippen LogP contribution in [0.4, 0.5) is 5.00 Å². The van der Waals surface area contributed by atoms with Gasteiger partial charge < -0.3 is 14.5 Å². The first-order valence-corrected chi connectivity index (χ1v) is 9.06. The van der Waals surface area contributed by atoms with E-state index < -0.39 is 0 Å². The Kier molecular flexibility index (Phi) is 4.18. The summed E-state index contributed by atoms with van der Waals surface area (Å²) >= 11 is 1.57. The van der Waals surface area contributed by atoms with Gasteiger partial charge in [0.25, 0.3) is 0 Å². The Balaban J connectivity index is 1.41. The minimum Gasteiger partial charge on any atom is -0.378 e. The van der Waals surface area contributed by atoms with Gasteiger partial charge in [-0.1, -0.05) is 12.1 Å². The van der Waals surface area contributed by atoms with Gasteiger partial charge >= 0.3 is 0 Å². The van der Waals surface area contributed by atoms with Crippen LogP contribution < -0.4 is 4.90 Å². The number of morpholine rings is 1. The number of carbonyl (C=O) groups is 1. The molecule has 0 spiro atoms. The van der Waals surface area contributed by atoms with Gasteiger partial charge in [0, 0.05) is 37.5 Å². The maximum Gasteiger partial charge on any atom is 0.225 e. The molecule has 5 nitrogen and oxygen atoms in total. The van der Waals surface area contributed by atoms with Crippen molar-refractivity contribution < 1.29 is 9.53 Å². The number of nitrogens with zero attached hydrogens (tertiary/aromatic N) is 3. The number of piperidine rings is 1. The molecular weight excluding hydrogens is 310 g/mol. The summed E-state index contributed by atoms with van der Waals surface area (Å²) in [5.41, 5.74) is 1.07. The van der Waals surface area contributed by atoms with E-state index in [4.69, 9.17) is 4.74 Å². The van der Waals surface area contributed by atoms with E-state index >= 15 is 0 Å². The number of benzene rings is 1. The van der Waals surface area contributed by atoms with Gasteiger partial charge in [0.05, 0.1) is 18.7 Å². The number of hydrogen-bond donors (Lipinski definition) is 0. The van der Waals surface area contributed by atoms with Crippen molar-refractivity contribution in [1.29, 1.82) is 0 Å². The molecule has 23 heavy (non-hydrogen) atoms. The van der Waals surface area contributed by atoms with Crippen molar-refractivity contribution in [3.8, 4) is 0 Å². The Morgan fingerprint density at radius 2 is 1.87 bits per heavy atom. The molecule has 0 atom stereocenters. The van der Waals surface area contributed by atoms with Gasteiger partial charge in [0.1, 0.15) is 5.00 Å². The molecule has 1 aromatic heterocycles. The molecule has 0 bridgehead atoms. The lowest BCUT2D eigenvalue weighted by Crippen LogP contribution is -2.46. The summed E-state index contributed by atoms with van der Waals surface area (Å²) in [5, 5.41) is 2.48. The van der Waals surface area contributed by atoms with Gasteiger partial charge in [-0.3, -0.25) is 4.79 Å². The van der Waals surface area contributed by atoms with Gasteiger partial charge in [-0.25, -0.2) is 0 Å². The fourth-order valence-electron chi connectivity index (χ4n) is 3.48. The Morgan fingerprint density at radius 3 is 2.65 bits per heavy atom. The van der Waals surface area contributed by atoms with E-state index in [0.717, 1.165) is 44.5 Å². The third kappa shape index (κ3) is 2.93. The Labute approximate surface area is 140 Å². The van der Waals surface area contributed by atoms with Crippen LogP contribution in [0.25, 0.3) is 10.9 Å². The molecule has 122 valence electrons. The fourth-order valence-corrected chi connectivity index (χ4v) is 4.39. The Morgan fingerprint density at radius 1 is 1.13 bits per heavy atom. The number of fused-ring (bicyclic) bond motifs is 1. The smallest absolute Gasteiger partial charge is 0.225 e. The lowest BCUT2D eigenvalue weighted by atomic mass is 9.95. The number of anilines is 1. The number of ether oxygens (including phenoxy) is 1. The first-order chi connectivity index (χ1) is 11.3. The quantitative estimate of drug-likeness (QED) is 0.847. The van der Waals surface area contributed by atoms with Crippen LogP contribution in [0.15, 0.2) is 24.3 Å². The topological polar surface area (TPSA) is 45.7 Å². The van der Waals surface area contributed by atoms with E-state index in [2.05, 4.69) is 27.5 Å². The zero-order chi connectivity index (χ0) is 15.6. The van der Waals surface area contributed by atoms with Gasteiger partial charge in [-0.15, -0.1) is 0 Å². The average molecular weight is 331 g/mol. The molecule has 0 aliphatic carbocycles. The van der Waals surface area contributed by atoms with Crippen molar-refractivity contribution in [3.63, 3.8) is 0 Å². The number of rotatable bonds is 2. The molecule has 2 aliphatic rings. The molecule has 0 radical (unpaired) electrons. The number of amides is 1. The van der Waals surface area contributed by atoms with Gasteiger partial charge in [0.15, 0.2) is 0 Å². The second-order valence-electron chi connectivity index (χ2n) is 6.20. The lowest BCUT2D eigenvalue weighted by molar-refractivity contribution is -0.140. The molecule has 2 aliphatic heterocycles. The molecule has 3 heterocycles. The van der Waals surface area contributed by atoms with E-state index in [0.29, 0.717) is 19.1 Å². The summed E-state index contributed by atoms with van der Waals surface area (Å²) < 4.78 is 9.87. The van der Waals surface area contributed by atoms with Crippen molar-refractivity contribution in [2.45, 2.75) is 12.8 Å². The first kappa shape index (κ1) is 14.9. The molecule has 2 aromatic rings. The van der Waals surface area contributed by atoms with Crippen molar-refractivity contribution in [2.24, 2.45) is 5.92 Å². The standard InChI is InChI=1S/C17H21N3O2S/c21-16(19-9-11-22-12-10-19)13-5-7-20(8-6-13)17-14-3-1-2-4-15(14)18-23-17/h1-4,13H,5-12H2. The summed E-state index contributed by atoms with van der Waals surface area (Å²) in [4.78, 5) is 17.0. The molecule has 2 fully saturated rings. The molecule has 1 aromatic carbocycles. The predicted molar refractivity (Wildman–Crippen MR) is 92.0 cm³/mol. The third-order valence-corrected chi connectivity index (χ3v) is 5.76. The molecular formula is C17H21N3O2S. The van der Waals surface area contributed by atoms with Crippen LogP contribution in [0.3, 0.4) is 0 Å². The highest BCUT2D eigenvalue weighted by Gasteiger charge is 2.30. The second-order valence-corrected chi connectivity index (χ2v) is 6.96. The van der Waals surface area contributed by atoms with Crippen molar-refractivity contribution >= 4 is 33.3 Å². The van der Waals surface area contributed by atoms with Gasteiger partial charge in [0.2, 0.25) is 5.91 Å². The van der Waals surface area contributed by atoms with Crippen LogP contribution in [0.1, 0.15) is 12.8 Å². The van der Waals surface area contributed by atoms with Gasteiger partial charge in [-0.05, 0) is 36.5 Å². The SMILES string of the molecule is O=C(C1CCN(c2snc3ccccc23)CC1)N1CCOCC1. The largest absolute Gasteiger partial charge is 0.378 e. The minimum atomic E-state index is 0.170. The lowest BCUT2D eigenvalue weighted by Gasteiger charge is -2.35. The third-order valence-electron chi connectivity index (χ3n) is 4.82. The van der Waals surface area contributed by atoms with E-state index in [1.807, 2.05) is 11.0 Å². The summed E-state index contributed by atoms with van der Waals surface area (Å²) in [5.74, 6) is 0.491. The predicted octanol–water partition coefficient (Wildman–Crippen LogP) is 2.37. The van der Waals surface area contributed by atoms with Crippen molar-refractivity contribution in [3.05, 3.63) is 24.3 Å². The van der Waals surface area contributed by atoms with E-state index in [1.54, 1.807) is 11.5 Å². The average Bonchev–Trinajstić information content (AvgIpc) is 3.06. The summed E-state index contributed by atoms with van der Waals surface area (Å²) in [6, 6.07) is 8.29. The molecule has 0 saturated carbocycles. The van der Waals surface area contributed by atoms with Gasteiger partial charge in [-0.2, -0.15) is 4.37 Å². The van der Waals surface area contributed by atoms with E-state index in [1.165, 1.54) is 10.4 Å². The summed E-state index contributed by atoms with van der Waals surface area (Å²) in [6.45, 7) is 4.73.